The third-order valence-corrected chi connectivity index (χ3v) is 3.64. The summed E-state index contributed by atoms with van der Waals surface area (Å²) < 4.78 is 46.5. The Kier molecular flexibility index (Phi) is 4.37. The molecule has 0 atom stereocenters. The lowest BCUT2D eigenvalue weighted by Gasteiger charge is -2.11. The number of carbonyl (C=O) groups is 1. The quantitative estimate of drug-likeness (QED) is 0.723. The van der Waals surface area contributed by atoms with Crippen molar-refractivity contribution in [1.29, 1.82) is 0 Å². The molecule has 9 heteroatoms. The number of hydrogen-bond acceptors (Lipinski definition) is 4. The Balaban J connectivity index is 2.45. The number of rotatable bonds is 3. The molecule has 0 unspecified atom stereocenters. The number of pyridine rings is 1. The van der Waals surface area contributed by atoms with Crippen LogP contribution < -0.4 is 11.1 Å². The van der Waals surface area contributed by atoms with Crippen molar-refractivity contribution in [3.8, 4) is 11.1 Å². The van der Waals surface area contributed by atoms with E-state index < -0.39 is 40.1 Å². The molecule has 0 amide bonds. The zero-order chi connectivity index (χ0) is 19.0. The maximum Gasteiger partial charge on any atom is 0.343 e. The van der Waals surface area contributed by atoms with Gasteiger partial charge in [0.1, 0.15) is 22.8 Å². The lowest BCUT2D eigenvalue weighted by molar-refractivity contribution is 0.0524. The number of nitrogens with zero attached hydrogens (tertiary/aromatic N) is 1. The minimum atomic E-state index is -1.27. The second kappa shape index (κ2) is 6.51. The lowest BCUT2D eigenvalue weighted by Crippen LogP contribution is -2.27. The Bertz CT molecular complexity index is 1150. The first-order valence-electron chi connectivity index (χ1n) is 7.44. The van der Waals surface area contributed by atoms with Crippen LogP contribution in [0.4, 0.5) is 13.2 Å². The fraction of sp³-hybridized carbons (Fsp3) is 0.118. The molecule has 0 fully saturated rings. The van der Waals surface area contributed by atoms with Gasteiger partial charge in [-0.2, -0.15) is 4.39 Å². The highest BCUT2D eigenvalue weighted by Crippen LogP contribution is 2.26. The number of hydrogen-bond donors (Lipinski definition) is 1. The molecular weight excluding hydrogens is 353 g/mol. The molecule has 0 bridgehead atoms. The van der Waals surface area contributed by atoms with E-state index in [1.54, 1.807) is 0 Å². The summed E-state index contributed by atoms with van der Waals surface area (Å²) in [5.41, 5.74) is -3.15. The van der Waals surface area contributed by atoms with Crippen molar-refractivity contribution in [2.45, 2.75) is 6.92 Å². The van der Waals surface area contributed by atoms with Gasteiger partial charge in [-0.3, -0.25) is 14.0 Å². The number of aromatic nitrogens is 2. The highest BCUT2D eigenvalue weighted by Gasteiger charge is 2.21. The van der Waals surface area contributed by atoms with Crippen molar-refractivity contribution in [3.63, 3.8) is 0 Å². The van der Waals surface area contributed by atoms with Crippen LogP contribution in [0.1, 0.15) is 17.3 Å². The van der Waals surface area contributed by atoms with Crippen molar-refractivity contribution in [2.75, 3.05) is 6.61 Å². The number of fused-ring (bicyclic) bond motifs is 1. The van der Waals surface area contributed by atoms with Crippen LogP contribution in [0.25, 0.3) is 16.8 Å². The molecule has 0 aliphatic heterocycles. The summed E-state index contributed by atoms with van der Waals surface area (Å²) in [6.07, 6.45) is 0.587. The van der Waals surface area contributed by atoms with Crippen molar-refractivity contribution in [1.82, 2.24) is 9.38 Å². The molecule has 26 heavy (non-hydrogen) atoms. The zero-order valence-corrected chi connectivity index (χ0v) is 13.3. The van der Waals surface area contributed by atoms with Crippen LogP contribution in [0.15, 0.2) is 40.1 Å². The van der Waals surface area contributed by atoms with Crippen molar-refractivity contribution >= 4 is 11.6 Å². The number of ether oxygens (including phenoxy) is 1. The van der Waals surface area contributed by atoms with E-state index in [9.17, 15) is 27.6 Å². The van der Waals surface area contributed by atoms with E-state index in [-0.39, 0.29) is 23.4 Å². The first-order chi connectivity index (χ1) is 12.3. The zero-order valence-electron chi connectivity index (χ0n) is 13.3. The van der Waals surface area contributed by atoms with Crippen LogP contribution in [-0.4, -0.2) is 22.0 Å². The second-order valence-electron chi connectivity index (χ2n) is 5.27. The minimum Gasteiger partial charge on any atom is -0.462 e. The molecule has 0 saturated carbocycles. The van der Waals surface area contributed by atoms with E-state index in [0.29, 0.717) is 16.7 Å². The second-order valence-corrected chi connectivity index (χ2v) is 5.27. The van der Waals surface area contributed by atoms with Gasteiger partial charge in [0.15, 0.2) is 0 Å². The Morgan fingerprint density at radius 2 is 1.85 bits per heavy atom. The first-order valence-corrected chi connectivity index (χ1v) is 7.44. The number of carbonyl (C=O) groups excluding carboxylic acids is 1. The Morgan fingerprint density at radius 3 is 2.50 bits per heavy atom. The van der Waals surface area contributed by atoms with Crippen molar-refractivity contribution in [3.05, 3.63) is 74.2 Å². The molecule has 0 aliphatic carbocycles. The van der Waals surface area contributed by atoms with E-state index in [1.165, 1.54) is 6.92 Å². The normalized spacial score (nSPS) is 10.9. The SMILES string of the molecule is CCOC(=O)c1cc(-c2ccc(F)cc2F)c2[nH]c(=O)c(F)cn2c1=O. The average Bonchev–Trinajstić information content (AvgIpc) is 2.58. The van der Waals surface area contributed by atoms with E-state index in [2.05, 4.69) is 4.98 Å². The molecule has 1 N–H and O–H groups in total. The Morgan fingerprint density at radius 1 is 1.12 bits per heavy atom. The van der Waals surface area contributed by atoms with Crippen LogP contribution in [0.3, 0.4) is 0 Å². The smallest absolute Gasteiger partial charge is 0.343 e. The van der Waals surface area contributed by atoms with E-state index in [1.807, 2.05) is 0 Å². The van der Waals surface area contributed by atoms with Crippen LogP contribution in [0.5, 0.6) is 0 Å². The maximum absolute atomic E-state index is 14.2. The Hall–Kier alpha value is -3.36. The summed E-state index contributed by atoms with van der Waals surface area (Å²) in [5.74, 6) is -4.10. The van der Waals surface area contributed by atoms with Gasteiger partial charge in [-0.25, -0.2) is 13.6 Å². The molecule has 0 spiro atoms. The van der Waals surface area contributed by atoms with Gasteiger partial charge < -0.3 is 9.72 Å². The maximum atomic E-state index is 14.2. The van der Waals surface area contributed by atoms with Gasteiger partial charge in [-0.1, -0.05) is 0 Å². The molecule has 1 aromatic carbocycles. The van der Waals surface area contributed by atoms with Gasteiger partial charge in [-0.05, 0) is 25.1 Å². The molecule has 0 radical (unpaired) electrons. The summed E-state index contributed by atoms with van der Waals surface area (Å²) >= 11 is 0. The van der Waals surface area contributed by atoms with Crippen molar-refractivity contribution in [2.24, 2.45) is 0 Å². The number of aromatic amines is 1. The molecule has 0 saturated heterocycles. The third-order valence-electron chi connectivity index (χ3n) is 3.64. The number of nitrogens with one attached hydrogen (secondary N) is 1. The van der Waals surface area contributed by atoms with Gasteiger partial charge >= 0.3 is 5.97 Å². The molecule has 0 aliphatic rings. The molecule has 3 rings (SSSR count). The fourth-order valence-electron chi connectivity index (χ4n) is 2.49. The molecule has 3 aromatic rings. The largest absolute Gasteiger partial charge is 0.462 e. The van der Waals surface area contributed by atoms with E-state index in [4.69, 9.17) is 4.74 Å². The summed E-state index contributed by atoms with van der Waals surface area (Å²) in [6.45, 7) is 1.50. The third kappa shape index (κ3) is 2.87. The summed E-state index contributed by atoms with van der Waals surface area (Å²) in [7, 11) is 0. The predicted octanol–water partition coefficient (Wildman–Crippen LogP) is 2.25. The highest BCUT2D eigenvalue weighted by molar-refractivity contribution is 5.92. The molecule has 134 valence electrons. The number of halogens is 3. The standard InChI is InChI=1S/C17H11F3N2O4/c1-2-26-17(25)11-6-10(9-4-3-8(18)5-12(9)19)14-21-15(23)13(20)7-22(14)16(11)24/h3-7H,2H2,1H3,(H,21,23). The van der Waals surface area contributed by atoms with Gasteiger partial charge in [0.25, 0.3) is 11.1 Å². The Labute approximate surface area is 143 Å². The van der Waals surface area contributed by atoms with Crippen LogP contribution >= 0.6 is 0 Å². The fourth-order valence-corrected chi connectivity index (χ4v) is 2.49. The first kappa shape index (κ1) is 17.5. The molecule has 2 aromatic heterocycles. The van der Waals surface area contributed by atoms with Gasteiger partial charge in [0.2, 0.25) is 5.82 Å². The van der Waals surface area contributed by atoms with Crippen LogP contribution in [-0.2, 0) is 4.74 Å². The minimum absolute atomic E-state index is 0.0266. The van der Waals surface area contributed by atoms with Gasteiger partial charge in [0, 0.05) is 17.2 Å². The highest BCUT2D eigenvalue weighted by atomic mass is 19.1. The predicted molar refractivity (Wildman–Crippen MR) is 85.6 cm³/mol. The van der Waals surface area contributed by atoms with Gasteiger partial charge in [-0.15, -0.1) is 0 Å². The summed E-state index contributed by atoms with van der Waals surface area (Å²) in [6, 6.07) is 3.65. The number of benzene rings is 1. The summed E-state index contributed by atoms with van der Waals surface area (Å²) in [5, 5.41) is 0. The molecule has 2 heterocycles. The van der Waals surface area contributed by atoms with Crippen LogP contribution in [0.2, 0.25) is 0 Å². The lowest BCUT2D eigenvalue weighted by atomic mass is 10.0. The monoisotopic (exact) mass is 364 g/mol. The molecule has 6 nitrogen and oxygen atoms in total. The van der Waals surface area contributed by atoms with Gasteiger partial charge in [0.05, 0.1) is 12.8 Å². The van der Waals surface area contributed by atoms with Crippen LogP contribution in [0, 0.1) is 17.5 Å². The van der Waals surface area contributed by atoms with Crippen molar-refractivity contribution < 1.29 is 22.7 Å². The van der Waals surface area contributed by atoms with E-state index >= 15 is 0 Å². The number of esters is 1. The topological polar surface area (TPSA) is 80.6 Å². The molecular formula is C17H11F3N2O4. The average molecular weight is 364 g/mol. The van der Waals surface area contributed by atoms with E-state index in [0.717, 1.165) is 18.2 Å². The summed E-state index contributed by atoms with van der Waals surface area (Å²) in [4.78, 5) is 38.2. The number of H-pyrrole nitrogens is 1.